The van der Waals surface area contributed by atoms with E-state index < -0.39 is 5.60 Å². The molecule has 0 bridgehead atoms. The van der Waals surface area contributed by atoms with Gasteiger partial charge in [0.15, 0.2) is 0 Å². The Morgan fingerprint density at radius 3 is 2.82 bits per heavy atom. The summed E-state index contributed by atoms with van der Waals surface area (Å²) < 4.78 is 8.06. The first-order valence-corrected chi connectivity index (χ1v) is 6.30. The molecule has 0 aliphatic heterocycles. The summed E-state index contributed by atoms with van der Waals surface area (Å²) in [6.45, 7) is 5.56. The topological polar surface area (TPSA) is 43.6 Å². The van der Waals surface area contributed by atoms with Crippen LogP contribution in [0.25, 0.3) is 5.52 Å². The highest BCUT2D eigenvalue weighted by molar-refractivity contribution is 14.1. The zero-order valence-electron chi connectivity index (χ0n) is 9.90. The maximum atomic E-state index is 11.9. The summed E-state index contributed by atoms with van der Waals surface area (Å²) in [6.07, 6.45) is 3.53. The number of aromatic nitrogens is 2. The molecular formula is C12H13IN2O2. The Kier molecular flexibility index (Phi) is 3.11. The molecule has 0 saturated carbocycles. The Bertz CT molecular complexity index is 569. The van der Waals surface area contributed by atoms with E-state index in [2.05, 4.69) is 27.6 Å². The van der Waals surface area contributed by atoms with Crippen LogP contribution in [-0.4, -0.2) is 21.0 Å². The van der Waals surface area contributed by atoms with Crippen molar-refractivity contribution in [3.8, 4) is 0 Å². The van der Waals surface area contributed by atoms with Gasteiger partial charge in [0.05, 0.1) is 11.1 Å². The molecule has 0 aliphatic rings. The number of rotatable bonds is 1. The molecule has 0 aromatic carbocycles. The fourth-order valence-corrected chi connectivity index (χ4v) is 1.98. The smallest absolute Gasteiger partial charge is 0.338 e. The van der Waals surface area contributed by atoms with Crippen molar-refractivity contribution in [3.63, 3.8) is 0 Å². The lowest BCUT2D eigenvalue weighted by molar-refractivity contribution is 0.00695. The van der Waals surface area contributed by atoms with E-state index in [1.807, 2.05) is 31.4 Å². The highest BCUT2D eigenvalue weighted by atomic mass is 127. The standard InChI is InChI=1S/C12H13IN2O2/c1-12(2,3)17-11(16)8-4-5-15-7-14-10(13)9(15)6-8/h4-7H,1-3H3. The predicted molar refractivity (Wildman–Crippen MR) is 73.1 cm³/mol. The second-order valence-corrected chi connectivity index (χ2v) is 5.77. The van der Waals surface area contributed by atoms with Crippen LogP contribution in [0.1, 0.15) is 31.1 Å². The molecule has 0 N–H and O–H groups in total. The predicted octanol–water partition coefficient (Wildman–Crippen LogP) is 2.89. The van der Waals surface area contributed by atoms with Crippen LogP contribution < -0.4 is 0 Å². The number of hydrogen-bond donors (Lipinski definition) is 0. The van der Waals surface area contributed by atoms with Crippen LogP contribution in [0.5, 0.6) is 0 Å². The van der Waals surface area contributed by atoms with Crippen LogP contribution in [-0.2, 0) is 4.74 Å². The number of fused-ring (bicyclic) bond motifs is 1. The molecular weight excluding hydrogens is 331 g/mol. The van der Waals surface area contributed by atoms with Gasteiger partial charge < -0.3 is 9.14 Å². The largest absolute Gasteiger partial charge is 0.456 e. The highest BCUT2D eigenvalue weighted by Crippen LogP contribution is 2.16. The SMILES string of the molecule is CC(C)(C)OC(=O)c1ccn2cnc(I)c2c1. The van der Waals surface area contributed by atoms with Crippen LogP contribution in [0.2, 0.25) is 0 Å². The number of esters is 1. The number of imidazole rings is 1. The van der Waals surface area contributed by atoms with Crippen molar-refractivity contribution in [1.82, 2.24) is 9.38 Å². The van der Waals surface area contributed by atoms with Gasteiger partial charge in [0, 0.05) is 6.20 Å². The molecule has 90 valence electrons. The van der Waals surface area contributed by atoms with Crippen molar-refractivity contribution in [2.45, 2.75) is 26.4 Å². The molecule has 0 radical (unpaired) electrons. The molecule has 0 amide bonds. The minimum atomic E-state index is -0.476. The maximum absolute atomic E-state index is 11.9. The molecule has 0 saturated heterocycles. The summed E-state index contributed by atoms with van der Waals surface area (Å²) in [4.78, 5) is 16.1. The molecule has 5 heteroatoms. The van der Waals surface area contributed by atoms with Crippen molar-refractivity contribution in [2.75, 3.05) is 0 Å². The van der Waals surface area contributed by atoms with Gasteiger partial charge in [-0.2, -0.15) is 0 Å². The van der Waals surface area contributed by atoms with E-state index in [0.717, 1.165) is 9.22 Å². The van der Waals surface area contributed by atoms with E-state index in [0.29, 0.717) is 5.56 Å². The van der Waals surface area contributed by atoms with E-state index in [1.54, 1.807) is 18.5 Å². The van der Waals surface area contributed by atoms with E-state index in [4.69, 9.17) is 4.74 Å². The summed E-state index contributed by atoms with van der Waals surface area (Å²) in [5.41, 5.74) is 0.983. The van der Waals surface area contributed by atoms with Gasteiger partial charge in [0.2, 0.25) is 0 Å². The van der Waals surface area contributed by atoms with Gasteiger partial charge in [0.1, 0.15) is 15.6 Å². The number of halogens is 1. The van der Waals surface area contributed by atoms with Crippen LogP contribution in [0.4, 0.5) is 0 Å². The van der Waals surface area contributed by atoms with Gasteiger partial charge >= 0.3 is 5.97 Å². The summed E-state index contributed by atoms with van der Waals surface area (Å²) in [7, 11) is 0. The molecule has 4 nitrogen and oxygen atoms in total. The normalized spacial score (nSPS) is 11.8. The van der Waals surface area contributed by atoms with Crippen molar-refractivity contribution in [2.24, 2.45) is 0 Å². The first-order chi connectivity index (χ1) is 7.87. The lowest BCUT2D eigenvalue weighted by Gasteiger charge is -2.19. The summed E-state index contributed by atoms with van der Waals surface area (Å²) in [5.74, 6) is -0.308. The minimum Gasteiger partial charge on any atom is -0.456 e. The van der Waals surface area contributed by atoms with Gasteiger partial charge in [-0.1, -0.05) is 0 Å². The quantitative estimate of drug-likeness (QED) is 0.590. The lowest BCUT2D eigenvalue weighted by atomic mass is 10.2. The van der Waals surface area contributed by atoms with E-state index in [-0.39, 0.29) is 5.97 Å². The molecule has 2 aromatic heterocycles. The Morgan fingerprint density at radius 2 is 2.18 bits per heavy atom. The summed E-state index contributed by atoms with van der Waals surface area (Å²) >= 11 is 2.14. The number of nitrogens with zero attached hydrogens (tertiary/aromatic N) is 2. The van der Waals surface area contributed by atoms with Crippen molar-refractivity contribution in [3.05, 3.63) is 33.9 Å². The highest BCUT2D eigenvalue weighted by Gasteiger charge is 2.18. The third-order valence-electron chi connectivity index (χ3n) is 2.13. The lowest BCUT2D eigenvalue weighted by Crippen LogP contribution is -2.23. The molecule has 2 rings (SSSR count). The van der Waals surface area contributed by atoms with Gasteiger partial charge in [-0.3, -0.25) is 0 Å². The fourth-order valence-electron chi connectivity index (χ4n) is 1.42. The number of carbonyl (C=O) groups is 1. The molecule has 0 atom stereocenters. The van der Waals surface area contributed by atoms with Crippen LogP contribution in [0, 0.1) is 3.70 Å². The zero-order chi connectivity index (χ0) is 12.6. The molecule has 0 fully saturated rings. The first-order valence-electron chi connectivity index (χ1n) is 5.22. The molecule has 2 heterocycles. The number of pyridine rings is 1. The van der Waals surface area contributed by atoms with Gasteiger partial charge in [0.25, 0.3) is 0 Å². The third kappa shape index (κ3) is 2.77. The Labute approximate surface area is 113 Å². The Balaban J connectivity index is 2.36. The monoisotopic (exact) mass is 344 g/mol. The average Bonchev–Trinajstić information content (AvgIpc) is 2.57. The van der Waals surface area contributed by atoms with Gasteiger partial charge in [-0.05, 0) is 55.5 Å². The molecule has 0 spiro atoms. The van der Waals surface area contributed by atoms with Crippen LogP contribution in [0.3, 0.4) is 0 Å². The first kappa shape index (κ1) is 12.3. The average molecular weight is 344 g/mol. The van der Waals surface area contributed by atoms with Gasteiger partial charge in [-0.25, -0.2) is 9.78 Å². The van der Waals surface area contributed by atoms with E-state index in [1.165, 1.54) is 0 Å². The van der Waals surface area contributed by atoms with Crippen LogP contribution >= 0.6 is 22.6 Å². The Hall–Kier alpha value is -1.11. The molecule has 2 aromatic rings. The second kappa shape index (κ2) is 4.29. The van der Waals surface area contributed by atoms with Crippen molar-refractivity contribution >= 4 is 34.1 Å². The van der Waals surface area contributed by atoms with Crippen LogP contribution in [0.15, 0.2) is 24.7 Å². The second-order valence-electron chi connectivity index (χ2n) is 4.75. The number of carbonyl (C=O) groups excluding carboxylic acids is 1. The number of ether oxygens (including phenoxy) is 1. The zero-order valence-corrected chi connectivity index (χ0v) is 12.1. The molecule has 17 heavy (non-hydrogen) atoms. The third-order valence-corrected chi connectivity index (χ3v) is 2.96. The fraction of sp³-hybridized carbons (Fsp3) is 0.333. The minimum absolute atomic E-state index is 0.308. The maximum Gasteiger partial charge on any atom is 0.338 e. The van der Waals surface area contributed by atoms with Crippen molar-refractivity contribution in [1.29, 1.82) is 0 Å². The number of hydrogen-bond acceptors (Lipinski definition) is 3. The van der Waals surface area contributed by atoms with E-state index in [9.17, 15) is 4.79 Å². The van der Waals surface area contributed by atoms with Gasteiger partial charge in [-0.15, -0.1) is 0 Å². The summed E-state index contributed by atoms with van der Waals surface area (Å²) in [6, 6.07) is 3.53. The van der Waals surface area contributed by atoms with Crippen molar-refractivity contribution < 1.29 is 9.53 Å². The van der Waals surface area contributed by atoms with E-state index >= 15 is 0 Å². The Morgan fingerprint density at radius 1 is 1.47 bits per heavy atom. The molecule has 0 aliphatic carbocycles. The molecule has 0 unspecified atom stereocenters. The summed E-state index contributed by atoms with van der Waals surface area (Å²) in [5, 5.41) is 0.